The third-order valence-electron chi connectivity index (χ3n) is 2.23. The van der Waals surface area contributed by atoms with Gasteiger partial charge in [0.2, 0.25) is 0 Å². The minimum atomic E-state index is 0.388. The first kappa shape index (κ1) is 11.5. The molecule has 16 heavy (non-hydrogen) atoms. The first-order valence-electron chi connectivity index (χ1n) is 4.94. The van der Waals surface area contributed by atoms with E-state index in [1.807, 2.05) is 35.7 Å². The Morgan fingerprint density at radius 3 is 2.81 bits per heavy atom. The summed E-state index contributed by atoms with van der Waals surface area (Å²) in [6.07, 6.45) is 0. The molecule has 1 aromatic carbocycles. The Bertz CT molecular complexity index is 456. The third-order valence-corrected chi connectivity index (χ3v) is 3.43. The Labute approximate surface area is 104 Å². The smallest absolute Gasteiger partial charge is 0.125 e. The highest BCUT2D eigenvalue weighted by atomic mass is 35.5. The minimum absolute atomic E-state index is 0.388. The molecule has 2 aromatic rings. The Morgan fingerprint density at radius 2 is 2.12 bits per heavy atom. The van der Waals surface area contributed by atoms with Gasteiger partial charge in [-0.1, -0.05) is 23.7 Å². The van der Waals surface area contributed by atoms with E-state index in [0.29, 0.717) is 18.2 Å². The summed E-state index contributed by atoms with van der Waals surface area (Å²) >= 11 is 7.70. The minimum Gasteiger partial charge on any atom is -0.488 e. The molecule has 0 aliphatic carbocycles. The topological polar surface area (TPSA) is 35.2 Å². The van der Waals surface area contributed by atoms with Gasteiger partial charge in [-0.15, -0.1) is 11.3 Å². The molecule has 0 saturated carbocycles. The second kappa shape index (κ2) is 5.34. The lowest BCUT2D eigenvalue weighted by atomic mass is 10.2. The predicted octanol–water partition coefficient (Wildman–Crippen LogP) is 3.44. The summed E-state index contributed by atoms with van der Waals surface area (Å²) in [6.45, 7) is 0.949. The summed E-state index contributed by atoms with van der Waals surface area (Å²) in [6, 6.07) is 9.62. The van der Waals surface area contributed by atoms with Crippen molar-refractivity contribution >= 4 is 22.9 Å². The fraction of sp³-hybridized carbons (Fsp3) is 0.167. The molecule has 0 spiro atoms. The number of thiophene rings is 1. The van der Waals surface area contributed by atoms with Crippen LogP contribution < -0.4 is 10.5 Å². The van der Waals surface area contributed by atoms with Crippen LogP contribution >= 0.6 is 22.9 Å². The zero-order valence-corrected chi connectivity index (χ0v) is 10.2. The van der Waals surface area contributed by atoms with E-state index in [2.05, 4.69) is 0 Å². The van der Waals surface area contributed by atoms with Crippen LogP contribution in [0.25, 0.3) is 0 Å². The maximum absolute atomic E-state index is 6.03. The highest BCUT2D eigenvalue weighted by molar-refractivity contribution is 7.09. The first-order valence-corrected chi connectivity index (χ1v) is 6.19. The van der Waals surface area contributed by atoms with E-state index >= 15 is 0 Å². The highest BCUT2D eigenvalue weighted by Gasteiger charge is 2.06. The van der Waals surface area contributed by atoms with Gasteiger partial charge in [-0.3, -0.25) is 0 Å². The van der Waals surface area contributed by atoms with Crippen LogP contribution in [0.3, 0.4) is 0 Å². The molecule has 0 unspecified atom stereocenters. The molecule has 2 rings (SSSR count). The van der Waals surface area contributed by atoms with Gasteiger partial charge in [-0.2, -0.15) is 0 Å². The molecular weight excluding hydrogens is 242 g/mol. The molecule has 0 aliphatic heterocycles. The van der Waals surface area contributed by atoms with Crippen LogP contribution in [0.5, 0.6) is 5.75 Å². The molecule has 1 aromatic heterocycles. The second-order valence-corrected chi connectivity index (χ2v) is 4.73. The van der Waals surface area contributed by atoms with Gasteiger partial charge < -0.3 is 10.5 Å². The van der Waals surface area contributed by atoms with Crippen molar-refractivity contribution < 1.29 is 4.74 Å². The van der Waals surface area contributed by atoms with E-state index in [9.17, 15) is 0 Å². The average Bonchev–Trinajstić information content (AvgIpc) is 2.79. The predicted molar refractivity (Wildman–Crippen MR) is 68.0 cm³/mol. The largest absolute Gasteiger partial charge is 0.488 e. The van der Waals surface area contributed by atoms with Crippen LogP contribution in [0.2, 0.25) is 5.02 Å². The second-order valence-electron chi connectivity index (χ2n) is 3.29. The molecule has 0 amide bonds. The molecular formula is C12H12ClNOS. The van der Waals surface area contributed by atoms with Crippen LogP contribution in [0, 0.1) is 0 Å². The number of rotatable bonds is 4. The summed E-state index contributed by atoms with van der Waals surface area (Å²) < 4.78 is 5.70. The lowest BCUT2D eigenvalue weighted by Gasteiger charge is -2.10. The number of halogens is 1. The summed E-state index contributed by atoms with van der Waals surface area (Å²) in [5, 5.41) is 2.69. The van der Waals surface area contributed by atoms with Crippen LogP contribution in [0.15, 0.2) is 35.7 Å². The van der Waals surface area contributed by atoms with Crippen molar-refractivity contribution in [2.75, 3.05) is 0 Å². The van der Waals surface area contributed by atoms with Crippen LogP contribution in [-0.2, 0) is 13.2 Å². The standard InChI is InChI=1S/C12H12ClNOS/c13-11-4-1-5-12(10(11)7-14)15-8-9-3-2-6-16-9/h1-6H,7-8,14H2. The van der Waals surface area contributed by atoms with Gasteiger partial charge in [0.15, 0.2) is 0 Å². The lowest BCUT2D eigenvalue weighted by Crippen LogP contribution is -2.02. The van der Waals surface area contributed by atoms with E-state index in [1.54, 1.807) is 11.3 Å². The Kier molecular flexibility index (Phi) is 3.83. The molecule has 0 fully saturated rings. The van der Waals surface area contributed by atoms with Crippen molar-refractivity contribution in [1.29, 1.82) is 0 Å². The van der Waals surface area contributed by atoms with Gasteiger partial charge in [0.1, 0.15) is 12.4 Å². The van der Waals surface area contributed by atoms with E-state index in [1.165, 1.54) is 4.88 Å². The molecule has 1 heterocycles. The van der Waals surface area contributed by atoms with E-state index < -0.39 is 0 Å². The van der Waals surface area contributed by atoms with Crippen molar-refractivity contribution in [2.45, 2.75) is 13.2 Å². The van der Waals surface area contributed by atoms with Gasteiger partial charge in [0, 0.05) is 22.0 Å². The fourth-order valence-corrected chi connectivity index (χ4v) is 2.27. The van der Waals surface area contributed by atoms with Crippen LogP contribution in [0.4, 0.5) is 0 Å². The Morgan fingerprint density at radius 1 is 1.25 bits per heavy atom. The molecule has 84 valence electrons. The Balaban J connectivity index is 2.12. The van der Waals surface area contributed by atoms with E-state index in [0.717, 1.165) is 11.3 Å². The summed E-state index contributed by atoms with van der Waals surface area (Å²) in [5.74, 6) is 0.767. The lowest BCUT2D eigenvalue weighted by molar-refractivity contribution is 0.306. The maximum Gasteiger partial charge on any atom is 0.125 e. The molecule has 0 atom stereocenters. The maximum atomic E-state index is 6.03. The van der Waals surface area contributed by atoms with Crippen molar-refractivity contribution in [3.8, 4) is 5.75 Å². The fourth-order valence-electron chi connectivity index (χ4n) is 1.42. The third kappa shape index (κ3) is 2.55. The van der Waals surface area contributed by atoms with Gasteiger partial charge in [0.25, 0.3) is 0 Å². The number of benzene rings is 1. The first-order chi connectivity index (χ1) is 7.81. The van der Waals surface area contributed by atoms with Crippen molar-refractivity contribution in [3.63, 3.8) is 0 Å². The molecule has 0 aliphatic rings. The number of nitrogens with two attached hydrogens (primary N) is 1. The van der Waals surface area contributed by atoms with Gasteiger partial charge in [0.05, 0.1) is 0 Å². The molecule has 0 saturated heterocycles. The van der Waals surface area contributed by atoms with Crippen molar-refractivity contribution in [2.24, 2.45) is 5.73 Å². The zero-order valence-electron chi connectivity index (χ0n) is 8.65. The number of hydrogen-bond acceptors (Lipinski definition) is 3. The normalized spacial score (nSPS) is 10.4. The summed E-state index contributed by atoms with van der Waals surface area (Å²) in [4.78, 5) is 1.18. The van der Waals surface area contributed by atoms with Gasteiger partial charge in [-0.05, 0) is 23.6 Å². The summed E-state index contributed by atoms with van der Waals surface area (Å²) in [7, 11) is 0. The quantitative estimate of drug-likeness (QED) is 0.906. The van der Waals surface area contributed by atoms with Gasteiger partial charge in [-0.25, -0.2) is 0 Å². The van der Waals surface area contributed by atoms with Crippen LogP contribution in [0.1, 0.15) is 10.4 Å². The molecule has 2 N–H and O–H groups in total. The van der Waals surface area contributed by atoms with E-state index in [4.69, 9.17) is 22.1 Å². The molecule has 0 radical (unpaired) electrons. The molecule has 2 nitrogen and oxygen atoms in total. The number of hydrogen-bond donors (Lipinski definition) is 1. The SMILES string of the molecule is NCc1c(Cl)cccc1OCc1cccs1. The number of ether oxygens (including phenoxy) is 1. The van der Waals surface area contributed by atoms with Gasteiger partial charge >= 0.3 is 0 Å². The summed E-state index contributed by atoms with van der Waals surface area (Å²) in [5.41, 5.74) is 6.50. The Hall–Kier alpha value is -1.03. The zero-order chi connectivity index (χ0) is 11.4. The molecule has 0 bridgehead atoms. The van der Waals surface area contributed by atoms with Crippen molar-refractivity contribution in [3.05, 3.63) is 51.2 Å². The van der Waals surface area contributed by atoms with Crippen LogP contribution in [-0.4, -0.2) is 0 Å². The van der Waals surface area contributed by atoms with Crippen molar-refractivity contribution in [1.82, 2.24) is 0 Å². The monoisotopic (exact) mass is 253 g/mol. The molecule has 4 heteroatoms. The van der Waals surface area contributed by atoms with E-state index in [-0.39, 0.29) is 0 Å². The average molecular weight is 254 g/mol. The highest BCUT2D eigenvalue weighted by Crippen LogP contribution is 2.26.